The molecule has 1 aliphatic rings. The highest BCUT2D eigenvalue weighted by Crippen LogP contribution is 2.35. The van der Waals surface area contributed by atoms with Crippen molar-refractivity contribution in [2.75, 3.05) is 19.0 Å². The third-order valence-corrected chi connectivity index (χ3v) is 5.02. The number of hydrogen-bond acceptors (Lipinski definition) is 5. The van der Waals surface area contributed by atoms with Gasteiger partial charge in [0.25, 0.3) is 0 Å². The molecule has 1 saturated heterocycles. The standard InChI is InChI=1S/C18H15FN4O2S/c1-2-9-26-17-20-16-14(11-3-5-13(19)6-4-11)15(12-7-8-25-10-12)22-23(16)18(24)21-17/h1,3-6,12H,7-10H2,(H,20,21,24). The number of H-pyrrole nitrogens is 1. The number of nitrogens with one attached hydrogen (secondary N) is 1. The zero-order valence-corrected chi connectivity index (χ0v) is 14.6. The lowest BCUT2D eigenvalue weighted by Crippen LogP contribution is -2.19. The quantitative estimate of drug-likeness (QED) is 0.564. The van der Waals surface area contributed by atoms with Crippen LogP contribution in [0.3, 0.4) is 0 Å². The molecule has 132 valence electrons. The van der Waals surface area contributed by atoms with Crippen LogP contribution in [0.25, 0.3) is 16.8 Å². The van der Waals surface area contributed by atoms with Crippen molar-refractivity contribution < 1.29 is 9.13 Å². The maximum atomic E-state index is 13.4. The zero-order valence-electron chi connectivity index (χ0n) is 13.7. The van der Waals surface area contributed by atoms with E-state index in [0.717, 1.165) is 23.2 Å². The Bertz CT molecular complexity index is 1050. The van der Waals surface area contributed by atoms with Gasteiger partial charge in [0.2, 0.25) is 0 Å². The summed E-state index contributed by atoms with van der Waals surface area (Å²) in [6.07, 6.45) is 6.11. The smallest absolute Gasteiger partial charge is 0.350 e. The number of ether oxygens (including phenoxy) is 1. The molecule has 0 aliphatic carbocycles. The largest absolute Gasteiger partial charge is 0.381 e. The second-order valence-corrected chi connectivity index (χ2v) is 6.87. The van der Waals surface area contributed by atoms with E-state index < -0.39 is 0 Å². The van der Waals surface area contributed by atoms with E-state index in [4.69, 9.17) is 11.2 Å². The van der Waals surface area contributed by atoms with Crippen molar-refractivity contribution in [1.82, 2.24) is 19.6 Å². The first kappa shape index (κ1) is 16.8. The van der Waals surface area contributed by atoms with E-state index in [-0.39, 0.29) is 17.4 Å². The molecule has 2 aromatic heterocycles. The summed E-state index contributed by atoms with van der Waals surface area (Å²) in [6.45, 7) is 1.18. The van der Waals surface area contributed by atoms with Crippen molar-refractivity contribution >= 4 is 17.4 Å². The molecule has 0 radical (unpaired) electrons. The Morgan fingerprint density at radius 1 is 1.42 bits per heavy atom. The fraction of sp³-hybridized carbons (Fsp3) is 0.278. The van der Waals surface area contributed by atoms with Gasteiger partial charge in [0.15, 0.2) is 10.8 Å². The molecule has 6 nitrogen and oxygen atoms in total. The van der Waals surface area contributed by atoms with Gasteiger partial charge in [0.05, 0.1) is 23.6 Å². The van der Waals surface area contributed by atoms with Gasteiger partial charge in [-0.3, -0.25) is 4.98 Å². The number of aromatic amines is 1. The van der Waals surface area contributed by atoms with Crippen LogP contribution in [0.4, 0.5) is 4.39 Å². The van der Waals surface area contributed by atoms with Gasteiger partial charge in [-0.05, 0) is 24.1 Å². The minimum atomic E-state index is -0.386. The van der Waals surface area contributed by atoms with Crippen LogP contribution in [-0.2, 0) is 4.74 Å². The van der Waals surface area contributed by atoms with Gasteiger partial charge in [-0.1, -0.05) is 29.8 Å². The first-order valence-corrected chi connectivity index (χ1v) is 9.09. The molecule has 26 heavy (non-hydrogen) atoms. The number of halogens is 1. The average Bonchev–Trinajstić information content (AvgIpc) is 3.28. The van der Waals surface area contributed by atoms with Crippen LogP contribution < -0.4 is 5.69 Å². The predicted octanol–water partition coefficient (Wildman–Crippen LogP) is 2.45. The van der Waals surface area contributed by atoms with Gasteiger partial charge in [0, 0.05) is 12.5 Å². The summed E-state index contributed by atoms with van der Waals surface area (Å²) in [7, 11) is 0. The fourth-order valence-corrected chi connectivity index (χ4v) is 3.58. The van der Waals surface area contributed by atoms with E-state index in [2.05, 4.69) is 21.0 Å². The first-order valence-electron chi connectivity index (χ1n) is 8.10. The Labute approximate surface area is 152 Å². The van der Waals surface area contributed by atoms with Crippen LogP contribution in [-0.4, -0.2) is 38.5 Å². The molecule has 3 heterocycles. The second-order valence-electron chi connectivity index (χ2n) is 5.90. The molecule has 8 heteroatoms. The summed E-state index contributed by atoms with van der Waals surface area (Å²) < 4.78 is 20.1. The number of terminal acetylenes is 1. The molecule has 0 spiro atoms. The van der Waals surface area contributed by atoms with Crippen LogP contribution in [0, 0.1) is 18.2 Å². The van der Waals surface area contributed by atoms with Crippen molar-refractivity contribution in [3.05, 3.63) is 46.3 Å². The summed E-state index contributed by atoms with van der Waals surface area (Å²) in [5.41, 5.74) is 2.28. The lowest BCUT2D eigenvalue weighted by atomic mass is 9.96. The third-order valence-electron chi connectivity index (χ3n) is 4.24. The lowest BCUT2D eigenvalue weighted by molar-refractivity contribution is 0.193. The van der Waals surface area contributed by atoms with E-state index in [9.17, 15) is 9.18 Å². The molecule has 1 N–H and O–H groups in total. The summed E-state index contributed by atoms with van der Waals surface area (Å²) in [5, 5.41) is 4.93. The highest BCUT2D eigenvalue weighted by molar-refractivity contribution is 7.99. The number of thioether (sulfide) groups is 1. The van der Waals surface area contributed by atoms with Gasteiger partial charge in [0.1, 0.15) is 5.82 Å². The lowest BCUT2D eigenvalue weighted by Gasteiger charge is -2.07. The molecule has 1 aliphatic heterocycles. The maximum Gasteiger partial charge on any atom is 0.350 e. The number of fused-ring (bicyclic) bond motifs is 1. The molecular formula is C18H15FN4O2S. The van der Waals surface area contributed by atoms with Gasteiger partial charge in [-0.25, -0.2) is 14.2 Å². The highest BCUT2D eigenvalue weighted by Gasteiger charge is 2.27. The van der Waals surface area contributed by atoms with Crippen molar-refractivity contribution in [2.45, 2.75) is 17.5 Å². The highest BCUT2D eigenvalue weighted by atomic mass is 32.2. The molecule has 3 aromatic rings. The summed E-state index contributed by atoms with van der Waals surface area (Å²) >= 11 is 1.27. The Hall–Kier alpha value is -2.63. The average molecular weight is 370 g/mol. The SMILES string of the molecule is C#CCSc1nc2c(-c3ccc(F)cc3)c(C3CCOC3)nn2c(=O)[nH]1. The fourth-order valence-electron chi connectivity index (χ4n) is 3.05. The van der Waals surface area contributed by atoms with E-state index in [0.29, 0.717) is 29.8 Å². The number of nitrogens with zero attached hydrogens (tertiary/aromatic N) is 3. The van der Waals surface area contributed by atoms with E-state index in [1.807, 2.05) is 0 Å². The van der Waals surface area contributed by atoms with Crippen molar-refractivity contribution in [3.63, 3.8) is 0 Å². The Kier molecular flexibility index (Phi) is 4.49. The van der Waals surface area contributed by atoms with Crippen LogP contribution in [0.1, 0.15) is 18.0 Å². The number of aromatic nitrogens is 4. The topological polar surface area (TPSA) is 72.3 Å². The van der Waals surface area contributed by atoms with E-state index in [1.165, 1.54) is 28.4 Å². The monoisotopic (exact) mass is 370 g/mol. The van der Waals surface area contributed by atoms with Crippen LogP contribution in [0.2, 0.25) is 0 Å². The number of hydrogen-bond donors (Lipinski definition) is 1. The van der Waals surface area contributed by atoms with Gasteiger partial charge < -0.3 is 4.74 Å². The Morgan fingerprint density at radius 3 is 2.92 bits per heavy atom. The normalized spacial score (nSPS) is 16.8. The molecule has 0 bridgehead atoms. The van der Waals surface area contributed by atoms with Crippen LogP contribution in [0.15, 0.2) is 34.2 Å². The van der Waals surface area contributed by atoms with E-state index in [1.54, 1.807) is 12.1 Å². The molecule has 1 atom stereocenters. The van der Waals surface area contributed by atoms with Crippen LogP contribution >= 0.6 is 11.8 Å². The summed E-state index contributed by atoms with van der Waals surface area (Å²) in [5.74, 6) is 2.64. The van der Waals surface area contributed by atoms with Gasteiger partial charge in [-0.15, -0.1) is 6.42 Å². The zero-order chi connectivity index (χ0) is 18.1. The minimum absolute atomic E-state index is 0.0676. The minimum Gasteiger partial charge on any atom is -0.381 e. The summed E-state index contributed by atoms with van der Waals surface area (Å²) in [6, 6.07) is 6.11. The van der Waals surface area contributed by atoms with E-state index >= 15 is 0 Å². The molecular weight excluding hydrogens is 355 g/mol. The third kappa shape index (κ3) is 3.00. The summed E-state index contributed by atoms with van der Waals surface area (Å²) in [4.78, 5) is 19.7. The number of rotatable bonds is 4. The molecule has 1 unspecified atom stereocenters. The first-order chi connectivity index (χ1) is 12.7. The molecule has 4 rings (SSSR count). The number of benzene rings is 1. The van der Waals surface area contributed by atoms with Crippen molar-refractivity contribution in [1.29, 1.82) is 0 Å². The van der Waals surface area contributed by atoms with Crippen molar-refractivity contribution in [2.24, 2.45) is 0 Å². The second kappa shape index (κ2) is 6.94. The molecule has 1 fully saturated rings. The van der Waals surface area contributed by atoms with Crippen molar-refractivity contribution in [3.8, 4) is 23.5 Å². The Balaban J connectivity index is 1.95. The van der Waals surface area contributed by atoms with Gasteiger partial charge >= 0.3 is 5.69 Å². The van der Waals surface area contributed by atoms with Crippen LogP contribution in [0.5, 0.6) is 0 Å². The predicted molar refractivity (Wildman–Crippen MR) is 96.7 cm³/mol. The molecule has 0 saturated carbocycles. The maximum absolute atomic E-state index is 13.4. The molecule has 1 aromatic carbocycles. The van der Waals surface area contributed by atoms with Gasteiger partial charge in [-0.2, -0.15) is 9.61 Å². The molecule has 0 amide bonds. The Morgan fingerprint density at radius 2 is 2.23 bits per heavy atom.